The van der Waals surface area contributed by atoms with Crippen molar-refractivity contribution < 1.29 is 0 Å². The summed E-state index contributed by atoms with van der Waals surface area (Å²) in [7, 11) is 1.88. The highest BCUT2D eigenvalue weighted by atomic mass is 127. The summed E-state index contributed by atoms with van der Waals surface area (Å²) < 4.78 is 1.22. The number of nitrogens with zero attached hydrogens (tertiary/aromatic N) is 2. The first kappa shape index (κ1) is 22.9. The van der Waals surface area contributed by atoms with Crippen LogP contribution in [-0.2, 0) is 5.41 Å². The van der Waals surface area contributed by atoms with Crippen molar-refractivity contribution in [1.29, 1.82) is 0 Å². The van der Waals surface area contributed by atoms with Crippen LogP contribution in [0, 0.1) is 5.92 Å². The highest BCUT2D eigenvalue weighted by molar-refractivity contribution is 14.0. The van der Waals surface area contributed by atoms with E-state index < -0.39 is 0 Å². The minimum Gasteiger partial charge on any atom is -0.356 e. The van der Waals surface area contributed by atoms with Crippen molar-refractivity contribution in [3.8, 4) is 0 Å². The predicted octanol–water partition coefficient (Wildman–Crippen LogP) is 4.38. The molecule has 6 heteroatoms. The number of nitrogens with one attached hydrogen (secondary N) is 2. The maximum atomic E-state index is 4.47. The number of halogens is 2. The summed E-state index contributed by atoms with van der Waals surface area (Å²) in [6, 6.07) is 9.15. The van der Waals surface area contributed by atoms with E-state index in [1.807, 2.05) is 7.05 Å². The molecule has 1 saturated carbocycles. The molecule has 27 heavy (non-hydrogen) atoms. The molecule has 1 aliphatic carbocycles. The molecule has 1 aliphatic heterocycles. The fourth-order valence-corrected chi connectivity index (χ4v) is 4.71. The maximum Gasteiger partial charge on any atom is 0.191 e. The monoisotopic (exact) mass is 548 g/mol. The molecule has 0 atom stereocenters. The van der Waals surface area contributed by atoms with E-state index in [4.69, 9.17) is 0 Å². The molecule has 0 bridgehead atoms. The number of hydrogen-bond donors (Lipinski definition) is 2. The Morgan fingerprint density at radius 2 is 1.93 bits per heavy atom. The summed E-state index contributed by atoms with van der Waals surface area (Å²) in [4.78, 5) is 7.05. The zero-order valence-electron chi connectivity index (χ0n) is 16.8. The lowest BCUT2D eigenvalue weighted by Crippen LogP contribution is -2.50. The molecule has 0 spiro atoms. The lowest BCUT2D eigenvalue weighted by Gasteiger charge is -2.34. The van der Waals surface area contributed by atoms with E-state index in [0.717, 1.165) is 18.4 Å². The predicted molar refractivity (Wildman–Crippen MR) is 129 cm³/mol. The Kier molecular flexibility index (Phi) is 8.87. The molecule has 0 unspecified atom stereocenters. The number of hydrogen-bond acceptors (Lipinski definition) is 2. The third kappa shape index (κ3) is 6.32. The molecule has 0 aromatic heterocycles. The van der Waals surface area contributed by atoms with Crippen molar-refractivity contribution in [3.05, 3.63) is 34.3 Å². The van der Waals surface area contributed by atoms with Crippen molar-refractivity contribution >= 4 is 45.9 Å². The Hall–Kier alpha value is -0.340. The fourth-order valence-electron chi connectivity index (χ4n) is 4.00. The van der Waals surface area contributed by atoms with Gasteiger partial charge < -0.3 is 15.5 Å². The molecule has 1 aromatic rings. The first-order valence-corrected chi connectivity index (χ1v) is 10.8. The fraction of sp³-hybridized carbons (Fsp3) is 0.667. The summed E-state index contributed by atoms with van der Waals surface area (Å²) in [6.45, 7) is 9.14. The molecule has 2 aliphatic rings. The average molecular weight is 549 g/mol. The van der Waals surface area contributed by atoms with Crippen LogP contribution < -0.4 is 10.6 Å². The molecule has 1 saturated heterocycles. The molecule has 1 aromatic carbocycles. The Balaban J connectivity index is 0.00000261. The molecular weight excluding hydrogens is 515 g/mol. The van der Waals surface area contributed by atoms with Crippen molar-refractivity contribution in [1.82, 2.24) is 15.5 Å². The Labute approximate surface area is 190 Å². The van der Waals surface area contributed by atoms with E-state index in [1.54, 1.807) is 0 Å². The summed E-state index contributed by atoms with van der Waals surface area (Å²) in [6.07, 6.45) is 4.88. The van der Waals surface area contributed by atoms with Crippen LogP contribution in [0.5, 0.6) is 0 Å². The van der Waals surface area contributed by atoms with Gasteiger partial charge in [0.1, 0.15) is 0 Å². The van der Waals surface area contributed by atoms with Crippen molar-refractivity contribution in [2.75, 3.05) is 33.2 Å². The van der Waals surface area contributed by atoms with Crippen molar-refractivity contribution in [2.45, 2.75) is 51.0 Å². The number of likely N-dealkylation sites (tertiary alicyclic amines) is 1. The van der Waals surface area contributed by atoms with Crippen LogP contribution in [0.15, 0.2) is 33.7 Å². The number of rotatable bonds is 6. The lowest BCUT2D eigenvalue weighted by molar-refractivity contribution is 0.187. The van der Waals surface area contributed by atoms with Crippen molar-refractivity contribution in [3.63, 3.8) is 0 Å². The van der Waals surface area contributed by atoms with E-state index in [1.165, 1.54) is 55.4 Å². The lowest BCUT2D eigenvalue weighted by atomic mass is 9.96. The zero-order valence-corrected chi connectivity index (χ0v) is 20.7. The third-order valence-corrected chi connectivity index (χ3v) is 6.36. The molecule has 1 heterocycles. The molecule has 0 radical (unpaired) electrons. The van der Waals surface area contributed by atoms with E-state index >= 15 is 0 Å². The van der Waals surface area contributed by atoms with Gasteiger partial charge in [-0.2, -0.15) is 0 Å². The van der Waals surface area contributed by atoms with Gasteiger partial charge in [-0.15, -0.1) is 24.0 Å². The van der Waals surface area contributed by atoms with Crippen LogP contribution >= 0.6 is 39.9 Å². The molecule has 2 fully saturated rings. The van der Waals surface area contributed by atoms with Gasteiger partial charge >= 0.3 is 0 Å². The highest BCUT2D eigenvalue weighted by Crippen LogP contribution is 2.49. The van der Waals surface area contributed by atoms with E-state index in [-0.39, 0.29) is 29.4 Å². The number of piperidine rings is 1. The van der Waals surface area contributed by atoms with Gasteiger partial charge in [-0.05, 0) is 43.2 Å². The van der Waals surface area contributed by atoms with Crippen LogP contribution in [0.2, 0.25) is 0 Å². The standard InChI is InChI=1S/C21H33BrN4.HI/c1-16(2)14-26-12-8-17(9-13-26)25-20(23-3)24-15-21(10-11-21)18-6-4-5-7-19(18)22;/h4-7,16-17H,8-15H2,1-3H3,(H2,23,24,25);1H. The smallest absolute Gasteiger partial charge is 0.191 e. The van der Waals surface area contributed by atoms with Gasteiger partial charge in [-0.25, -0.2) is 0 Å². The van der Waals surface area contributed by atoms with Crippen LogP contribution in [0.25, 0.3) is 0 Å². The van der Waals surface area contributed by atoms with Gasteiger partial charge in [0.2, 0.25) is 0 Å². The topological polar surface area (TPSA) is 39.7 Å². The number of aliphatic imine (C=N–C) groups is 1. The van der Waals surface area contributed by atoms with E-state index in [2.05, 4.69) is 74.6 Å². The third-order valence-electron chi connectivity index (χ3n) is 5.67. The van der Waals surface area contributed by atoms with Crippen molar-refractivity contribution in [2.24, 2.45) is 10.9 Å². The number of guanidine groups is 1. The Morgan fingerprint density at radius 3 is 2.48 bits per heavy atom. The first-order chi connectivity index (χ1) is 12.5. The molecule has 2 N–H and O–H groups in total. The minimum absolute atomic E-state index is 0. The molecule has 0 amide bonds. The van der Waals surface area contributed by atoms with Gasteiger partial charge in [0.15, 0.2) is 5.96 Å². The van der Waals surface area contributed by atoms with Crippen LogP contribution in [0.4, 0.5) is 0 Å². The quantitative estimate of drug-likeness (QED) is 0.315. The summed E-state index contributed by atoms with van der Waals surface area (Å²) in [5, 5.41) is 7.24. The largest absolute Gasteiger partial charge is 0.356 e. The normalized spacial score (nSPS) is 20.3. The number of benzene rings is 1. The van der Waals surface area contributed by atoms with E-state index in [0.29, 0.717) is 6.04 Å². The second kappa shape index (κ2) is 10.4. The highest BCUT2D eigenvalue weighted by Gasteiger charge is 2.45. The zero-order chi connectivity index (χ0) is 18.6. The second-order valence-corrected chi connectivity index (χ2v) is 9.15. The van der Waals surface area contributed by atoms with Gasteiger partial charge in [0, 0.05) is 49.2 Å². The summed E-state index contributed by atoms with van der Waals surface area (Å²) in [5.41, 5.74) is 1.68. The van der Waals surface area contributed by atoms with E-state index in [9.17, 15) is 0 Å². The van der Waals surface area contributed by atoms with Crippen LogP contribution in [0.1, 0.15) is 45.1 Å². The summed E-state index contributed by atoms with van der Waals surface area (Å²) >= 11 is 3.72. The van der Waals surface area contributed by atoms with Gasteiger partial charge in [0.25, 0.3) is 0 Å². The Morgan fingerprint density at radius 1 is 1.26 bits per heavy atom. The van der Waals surface area contributed by atoms with Crippen LogP contribution in [-0.4, -0.2) is 50.1 Å². The average Bonchev–Trinajstić information content (AvgIpc) is 3.41. The first-order valence-electron chi connectivity index (χ1n) is 9.97. The molecule has 4 nitrogen and oxygen atoms in total. The molecule has 152 valence electrons. The minimum atomic E-state index is 0. The van der Waals surface area contributed by atoms with Gasteiger partial charge in [-0.1, -0.05) is 48.0 Å². The Bertz CT molecular complexity index is 622. The second-order valence-electron chi connectivity index (χ2n) is 8.30. The van der Waals surface area contributed by atoms with Crippen LogP contribution in [0.3, 0.4) is 0 Å². The SMILES string of the molecule is CN=C(NCC1(c2ccccc2Br)CC1)NC1CCN(CC(C)C)CC1.I. The maximum absolute atomic E-state index is 4.47. The summed E-state index contributed by atoms with van der Waals surface area (Å²) in [5.74, 6) is 1.70. The molecular formula is C21H34BrIN4. The van der Waals surface area contributed by atoms with Gasteiger partial charge in [-0.3, -0.25) is 4.99 Å². The molecule has 3 rings (SSSR count). The van der Waals surface area contributed by atoms with Gasteiger partial charge in [0.05, 0.1) is 0 Å².